The fourth-order valence-corrected chi connectivity index (χ4v) is 5.16. The lowest BCUT2D eigenvalue weighted by atomic mass is 9.96. The highest BCUT2D eigenvalue weighted by Crippen LogP contribution is 2.30. The number of rotatable bonds is 6. The van der Waals surface area contributed by atoms with Gasteiger partial charge in [0.1, 0.15) is 37.8 Å². The zero-order valence-electron chi connectivity index (χ0n) is 18.6. The number of carbonyl (C=O) groups is 2. The van der Waals surface area contributed by atoms with E-state index in [0.717, 1.165) is 31.1 Å². The molecule has 3 aromatic rings. The van der Waals surface area contributed by atoms with Crippen LogP contribution >= 0.6 is 0 Å². The number of imide groups is 1. The van der Waals surface area contributed by atoms with Crippen LogP contribution in [0, 0.1) is 10.1 Å². The molecule has 2 aliphatic heterocycles. The summed E-state index contributed by atoms with van der Waals surface area (Å²) in [4.78, 5) is 40.3. The summed E-state index contributed by atoms with van der Waals surface area (Å²) in [6.45, 7) is 3.57. The number of benzene rings is 3. The van der Waals surface area contributed by atoms with Crippen molar-refractivity contribution in [2.45, 2.75) is 6.04 Å². The summed E-state index contributed by atoms with van der Waals surface area (Å²) in [5.74, 6) is -1.02. The van der Waals surface area contributed by atoms with Crippen molar-refractivity contribution in [3.8, 4) is 0 Å². The molecule has 5 rings (SSSR count). The molecule has 8 heteroatoms. The maximum atomic E-state index is 12.9. The number of quaternary nitrogens is 2. The minimum atomic E-state index is -0.601. The summed E-state index contributed by atoms with van der Waals surface area (Å²) in [5.41, 5.74) is 2.25. The summed E-state index contributed by atoms with van der Waals surface area (Å²) in [5, 5.41) is 11.4. The van der Waals surface area contributed by atoms with Crippen molar-refractivity contribution < 1.29 is 24.3 Å². The molecule has 2 aliphatic rings. The van der Waals surface area contributed by atoms with Gasteiger partial charge in [0.15, 0.2) is 6.67 Å². The van der Waals surface area contributed by atoms with E-state index in [1.807, 2.05) is 12.1 Å². The molecule has 34 heavy (non-hydrogen) atoms. The molecule has 2 amide bonds. The highest BCUT2D eigenvalue weighted by molar-refractivity contribution is 6.23. The highest BCUT2D eigenvalue weighted by Gasteiger charge is 2.43. The van der Waals surface area contributed by atoms with Gasteiger partial charge in [-0.15, -0.1) is 0 Å². The molecule has 0 unspecified atom stereocenters. The Morgan fingerprint density at radius 2 is 1.38 bits per heavy atom. The summed E-state index contributed by atoms with van der Waals surface area (Å²) in [6, 6.07) is 25.4. The lowest BCUT2D eigenvalue weighted by Crippen LogP contribution is -3.28. The third kappa shape index (κ3) is 3.98. The monoisotopic (exact) mass is 458 g/mol. The van der Waals surface area contributed by atoms with Crippen molar-refractivity contribution in [3.05, 3.63) is 111 Å². The van der Waals surface area contributed by atoms with Crippen LogP contribution in [0.4, 0.5) is 5.69 Å². The summed E-state index contributed by atoms with van der Waals surface area (Å²) >= 11 is 0. The number of nitro benzene ring substituents is 1. The summed E-state index contributed by atoms with van der Waals surface area (Å²) in [6.07, 6.45) is 0. The van der Waals surface area contributed by atoms with Crippen molar-refractivity contribution in [2.24, 2.45) is 0 Å². The van der Waals surface area contributed by atoms with Crippen LogP contribution in [0.2, 0.25) is 0 Å². The van der Waals surface area contributed by atoms with Gasteiger partial charge < -0.3 is 9.80 Å². The first-order valence-electron chi connectivity index (χ1n) is 11.5. The highest BCUT2D eigenvalue weighted by atomic mass is 16.6. The van der Waals surface area contributed by atoms with Crippen LogP contribution < -0.4 is 9.80 Å². The van der Waals surface area contributed by atoms with E-state index >= 15 is 0 Å². The number of carbonyl (C=O) groups excluding carboxylic acids is 2. The predicted octanol–water partition coefficient (Wildman–Crippen LogP) is 0.721. The number of nitrogens with zero attached hydrogens (tertiary/aromatic N) is 2. The van der Waals surface area contributed by atoms with E-state index in [0.29, 0.717) is 0 Å². The molecular weight excluding hydrogens is 432 g/mol. The van der Waals surface area contributed by atoms with Crippen LogP contribution in [0.3, 0.4) is 0 Å². The number of hydrogen-bond acceptors (Lipinski definition) is 4. The van der Waals surface area contributed by atoms with Gasteiger partial charge in [0.2, 0.25) is 0 Å². The van der Waals surface area contributed by atoms with E-state index in [1.165, 1.54) is 39.1 Å². The normalized spacial score (nSPS) is 20.0. The smallest absolute Gasteiger partial charge is 0.282 e. The molecule has 0 saturated carbocycles. The number of fused-ring (bicyclic) bond motifs is 1. The minimum Gasteiger partial charge on any atom is -0.316 e. The molecule has 0 radical (unpaired) electrons. The molecule has 2 N–H and O–H groups in total. The molecule has 2 heterocycles. The Morgan fingerprint density at radius 1 is 0.794 bits per heavy atom. The second-order valence-corrected chi connectivity index (χ2v) is 8.82. The van der Waals surface area contributed by atoms with Crippen LogP contribution in [0.15, 0.2) is 78.9 Å². The topological polar surface area (TPSA) is 89.4 Å². The van der Waals surface area contributed by atoms with Crippen LogP contribution in [-0.4, -0.2) is 54.5 Å². The predicted molar refractivity (Wildman–Crippen MR) is 125 cm³/mol. The third-order valence-electron chi connectivity index (χ3n) is 6.83. The first-order chi connectivity index (χ1) is 16.5. The molecule has 0 spiro atoms. The van der Waals surface area contributed by atoms with Crippen molar-refractivity contribution >= 4 is 17.5 Å². The first kappa shape index (κ1) is 21.9. The Bertz CT molecular complexity index is 1180. The van der Waals surface area contributed by atoms with Gasteiger partial charge in [-0.25, -0.2) is 4.90 Å². The number of nitrogens with one attached hydrogen (secondary N) is 2. The zero-order chi connectivity index (χ0) is 23.7. The van der Waals surface area contributed by atoms with Crippen molar-refractivity contribution in [3.63, 3.8) is 0 Å². The molecule has 3 aromatic carbocycles. The van der Waals surface area contributed by atoms with E-state index < -0.39 is 16.7 Å². The van der Waals surface area contributed by atoms with Gasteiger partial charge >= 0.3 is 0 Å². The fraction of sp³-hybridized carbons (Fsp3) is 0.231. The minimum absolute atomic E-state index is 0.0885. The first-order valence-corrected chi connectivity index (χ1v) is 11.5. The lowest BCUT2D eigenvalue weighted by molar-refractivity contribution is -1.03. The maximum absolute atomic E-state index is 12.9. The van der Waals surface area contributed by atoms with Crippen molar-refractivity contribution in [1.82, 2.24) is 4.90 Å². The second kappa shape index (κ2) is 9.17. The Hall–Kier alpha value is -3.88. The third-order valence-corrected chi connectivity index (χ3v) is 6.83. The van der Waals surface area contributed by atoms with E-state index in [2.05, 4.69) is 48.5 Å². The molecular formula is C26H26N4O4+2. The van der Waals surface area contributed by atoms with Crippen LogP contribution in [0.1, 0.15) is 37.9 Å². The van der Waals surface area contributed by atoms with Gasteiger partial charge in [0.05, 0.1) is 10.5 Å². The van der Waals surface area contributed by atoms with E-state index in [9.17, 15) is 19.7 Å². The van der Waals surface area contributed by atoms with Crippen LogP contribution in [-0.2, 0) is 0 Å². The number of amides is 2. The second-order valence-electron chi connectivity index (χ2n) is 8.82. The van der Waals surface area contributed by atoms with Gasteiger partial charge in [0, 0.05) is 17.2 Å². The average Bonchev–Trinajstić information content (AvgIpc) is 3.11. The fourth-order valence-electron chi connectivity index (χ4n) is 5.16. The van der Waals surface area contributed by atoms with Gasteiger partial charge in [-0.2, -0.15) is 0 Å². The lowest BCUT2D eigenvalue weighted by Gasteiger charge is -2.35. The van der Waals surface area contributed by atoms with Gasteiger partial charge in [-0.1, -0.05) is 66.7 Å². The Balaban J connectivity index is 1.30. The molecule has 1 saturated heterocycles. The van der Waals surface area contributed by atoms with Gasteiger partial charge in [-0.05, 0) is 6.07 Å². The van der Waals surface area contributed by atoms with Crippen molar-refractivity contribution in [1.29, 1.82) is 0 Å². The SMILES string of the molecule is O=C1c2cccc([N+](=O)[O-])c2C(=O)N1C[NH+]1CC[NH+](C(c2ccccc2)c2ccccc2)CC1. The molecule has 0 aromatic heterocycles. The molecule has 1 fully saturated rings. The molecule has 0 aliphatic carbocycles. The van der Waals surface area contributed by atoms with Crippen LogP contribution in [0.25, 0.3) is 0 Å². The Kier molecular flexibility index (Phi) is 5.91. The zero-order valence-corrected chi connectivity index (χ0v) is 18.6. The quantitative estimate of drug-likeness (QED) is 0.324. The van der Waals surface area contributed by atoms with Crippen LogP contribution in [0.5, 0.6) is 0 Å². The van der Waals surface area contributed by atoms with Gasteiger partial charge in [0.25, 0.3) is 17.5 Å². The van der Waals surface area contributed by atoms with Gasteiger partial charge in [-0.3, -0.25) is 19.7 Å². The van der Waals surface area contributed by atoms with Crippen molar-refractivity contribution in [2.75, 3.05) is 32.8 Å². The summed E-state index contributed by atoms with van der Waals surface area (Å²) < 4.78 is 0. The standard InChI is InChI=1S/C26H24N4O4/c31-25-21-12-7-13-22(30(33)34)23(21)26(32)29(25)18-27-14-16-28(17-15-27)24(19-8-3-1-4-9-19)20-10-5-2-6-11-20/h1-13,24H,14-18H2/p+2. The number of piperazine rings is 1. The number of hydrogen-bond donors (Lipinski definition) is 2. The van der Waals surface area contributed by atoms with E-state index in [1.54, 1.807) is 0 Å². The molecule has 0 atom stereocenters. The molecule has 8 nitrogen and oxygen atoms in total. The Labute approximate surface area is 197 Å². The Morgan fingerprint density at radius 3 is 1.94 bits per heavy atom. The summed E-state index contributed by atoms with van der Waals surface area (Å²) in [7, 11) is 0. The van der Waals surface area contributed by atoms with E-state index in [-0.39, 0.29) is 29.5 Å². The largest absolute Gasteiger partial charge is 0.316 e. The molecule has 172 valence electrons. The number of nitro groups is 1. The maximum Gasteiger partial charge on any atom is 0.282 e. The van der Waals surface area contributed by atoms with E-state index in [4.69, 9.17) is 0 Å². The molecule has 0 bridgehead atoms. The average molecular weight is 459 g/mol.